The summed E-state index contributed by atoms with van der Waals surface area (Å²) in [5.74, 6) is -0.790. The van der Waals surface area contributed by atoms with Gasteiger partial charge in [-0.25, -0.2) is 18.2 Å². The lowest BCUT2D eigenvalue weighted by Crippen LogP contribution is -2.02. The third-order valence-electron chi connectivity index (χ3n) is 2.54. The molecule has 0 aliphatic rings. The molecule has 0 atom stereocenters. The first kappa shape index (κ1) is 14.2. The molecule has 0 bridgehead atoms. The first-order valence-electron chi connectivity index (χ1n) is 5.45. The van der Waals surface area contributed by atoms with Crippen LogP contribution in [0.25, 0.3) is 10.9 Å². The molecule has 0 saturated carbocycles. The number of hydrogen-bond donors (Lipinski definition) is 1. The van der Waals surface area contributed by atoms with E-state index in [1.165, 1.54) is 6.07 Å². The molecule has 0 unspecified atom stereocenters. The minimum absolute atomic E-state index is 0.130. The van der Waals surface area contributed by atoms with Crippen LogP contribution in [-0.2, 0) is 0 Å². The van der Waals surface area contributed by atoms with Crippen molar-refractivity contribution in [1.29, 1.82) is 0 Å². The fraction of sp³-hybridized carbons (Fsp3) is 0.250. The van der Waals surface area contributed by atoms with E-state index in [0.29, 0.717) is 12.2 Å². The molecule has 1 heterocycles. The molecule has 19 heavy (non-hydrogen) atoms. The fourth-order valence-corrected chi connectivity index (χ4v) is 2.31. The molecule has 1 aromatic carbocycles. The Hall–Kier alpha value is -1.20. The molecule has 2 rings (SSSR count). The van der Waals surface area contributed by atoms with Crippen LogP contribution in [-0.4, -0.2) is 11.5 Å². The molecule has 7 heteroatoms. The molecule has 2 nitrogen and oxygen atoms in total. The molecule has 0 spiro atoms. The second-order valence-corrected chi connectivity index (χ2v) is 4.59. The van der Waals surface area contributed by atoms with Gasteiger partial charge in [-0.1, -0.05) is 23.2 Å². The van der Waals surface area contributed by atoms with E-state index in [-0.39, 0.29) is 20.9 Å². The third-order valence-corrected chi connectivity index (χ3v) is 3.17. The van der Waals surface area contributed by atoms with Gasteiger partial charge in [0, 0.05) is 17.6 Å². The molecule has 0 fully saturated rings. The molecule has 1 aromatic heterocycles. The molecule has 0 aliphatic heterocycles. The van der Waals surface area contributed by atoms with Crippen LogP contribution < -0.4 is 5.32 Å². The van der Waals surface area contributed by atoms with Crippen LogP contribution in [0.2, 0.25) is 10.0 Å². The molecule has 1 N–H and O–H groups in total. The summed E-state index contributed by atoms with van der Waals surface area (Å²) >= 11 is 11.5. The van der Waals surface area contributed by atoms with Crippen LogP contribution >= 0.6 is 23.2 Å². The zero-order valence-electron chi connectivity index (χ0n) is 9.78. The summed E-state index contributed by atoms with van der Waals surface area (Å²) in [5.41, 5.74) is 0.0238. The second kappa shape index (κ2) is 5.43. The standard InChI is InChI=1S/C12H9Cl2F3N2/c1-2-18-6-4-8(12(16)17)19-7-3-5(13)11(15)10(14)9(6)7/h3-4,12H,2H2,1H3,(H,18,19). The smallest absolute Gasteiger partial charge is 0.280 e. The van der Waals surface area contributed by atoms with E-state index in [0.717, 1.165) is 6.07 Å². The van der Waals surface area contributed by atoms with Crippen LogP contribution in [0.3, 0.4) is 0 Å². The van der Waals surface area contributed by atoms with E-state index in [9.17, 15) is 13.2 Å². The summed E-state index contributed by atoms with van der Waals surface area (Å²) in [4.78, 5) is 3.75. The van der Waals surface area contributed by atoms with E-state index in [2.05, 4.69) is 10.3 Å². The highest BCUT2D eigenvalue weighted by Gasteiger charge is 2.18. The SMILES string of the molecule is CCNc1cc(C(F)F)nc2cc(Cl)c(F)c(Cl)c12. The predicted octanol–water partition coefficient (Wildman–Crippen LogP) is 5.05. The van der Waals surface area contributed by atoms with Gasteiger partial charge in [-0.3, -0.25) is 0 Å². The summed E-state index contributed by atoms with van der Waals surface area (Å²) < 4.78 is 39.2. The number of alkyl halides is 2. The van der Waals surface area contributed by atoms with Crippen LogP contribution in [0.5, 0.6) is 0 Å². The van der Waals surface area contributed by atoms with Crippen molar-refractivity contribution in [2.45, 2.75) is 13.3 Å². The summed E-state index contributed by atoms with van der Waals surface area (Å²) in [6.45, 7) is 2.26. The minimum atomic E-state index is -2.73. The van der Waals surface area contributed by atoms with Gasteiger partial charge in [-0.2, -0.15) is 0 Å². The second-order valence-electron chi connectivity index (χ2n) is 3.81. The Morgan fingerprint density at radius 2 is 2.00 bits per heavy atom. The van der Waals surface area contributed by atoms with Crippen LogP contribution in [0.4, 0.5) is 18.9 Å². The summed E-state index contributed by atoms with van der Waals surface area (Å²) in [7, 11) is 0. The Kier molecular flexibility index (Phi) is 4.06. The Morgan fingerprint density at radius 1 is 1.32 bits per heavy atom. The van der Waals surface area contributed by atoms with Gasteiger partial charge in [0.05, 0.1) is 15.6 Å². The Balaban J connectivity index is 2.83. The maximum atomic E-state index is 13.7. The topological polar surface area (TPSA) is 24.9 Å². The molecule has 0 amide bonds. The van der Waals surface area contributed by atoms with E-state index >= 15 is 0 Å². The Morgan fingerprint density at radius 3 is 2.58 bits per heavy atom. The lowest BCUT2D eigenvalue weighted by molar-refractivity contribution is 0.146. The van der Waals surface area contributed by atoms with Crippen molar-refractivity contribution in [3.8, 4) is 0 Å². The lowest BCUT2D eigenvalue weighted by Gasteiger charge is -2.12. The van der Waals surface area contributed by atoms with Crippen molar-refractivity contribution in [3.05, 3.63) is 33.7 Å². The van der Waals surface area contributed by atoms with Crippen molar-refractivity contribution in [3.63, 3.8) is 0 Å². The highest BCUT2D eigenvalue weighted by Crippen LogP contribution is 2.37. The summed E-state index contributed by atoms with van der Waals surface area (Å²) in [6, 6.07) is 2.35. The van der Waals surface area contributed by atoms with Gasteiger partial charge in [0.1, 0.15) is 5.69 Å². The molecule has 0 aliphatic carbocycles. The normalized spacial score (nSPS) is 11.3. The predicted molar refractivity (Wildman–Crippen MR) is 70.8 cm³/mol. The number of hydrogen-bond acceptors (Lipinski definition) is 2. The van der Waals surface area contributed by atoms with Gasteiger partial charge >= 0.3 is 0 Å². The number of pyridine rings is 1. The van der Waals surface area contributed by atoms with Crippen molar-refractivity contribution >= 4 is 39.8 Å². The highest BCUT2D eigenvalue weighted by molar-refractivity contribution is 6.39. The van der Waals surface area contributed by atoms with E-state index in [4.69, 9.17) is 23.2 Å². The van der Waals surface area contributed by atoms with E-state index < -0.39 is 17.9 Å². The van der Waals surface area contributed by atoms with E-state index in [1.54, 1.807) is 6.92 Å². The largest absolute Gasteiger partial charge is 0.385 e. The van der Waals surface area contributed by atoms with Crippen molar-refractivity contribution in [2.75, 3.05) is 11.9 Å². The summed E-state index contributed by atoms with van der Waals surface area (Å²) in [6.07, 6.45) is -2.73. The van der Waals surface area contributed by atoms with Gasteiger partial charge in [-0.05, 0) is 19.1 Å². The number of benzene rings is 1. The van der Waals surface area contributed by atoms with Crippen molar-refractivity contribution in [1.82, 2.24) is 4.98 Å². The van der Waals surface area contributed by atoms with Crippen LogP contribution in [0.15, 0.2) is 12.1 Å². The number of aromatic nitrogens is 1. The van der Waals surface area contributed by atoms with Crippen LogP contribution in [0.1, 0.15) is 19.0 Å². The summed E-state index contributed by atoms with van der Waals surface area (Å²) in [5, 5.41) is 2.63. The lowest BCUT2D eigenvalue weighted by atomic mass is 10.1. The number of anilines is 1. The first-order chi connectivity index (χ1) is 8.95. The monoisotopic (exact) mass is 308 g/mol. The highest BCUT2D eigenvalue weighted by atomic mass is 35.5. The van der Waals surface area contributed by atoms with Crippen molar-refractivity contribution in [2.24, 2.45) is 0 Å². The molecule has 2 aromatic rings. The van der Waals surface area contributed by atoms with Crippen molar-refractivity contribution < 1.29 is 13.2 Å². The van der Waals surface area contributed by atoms with Gasteiger partial charge in [0.25, 0.3) is 6.43 Å². The van der Waals surface area contributed by atoms with Gasteiger partial charge in [-0.15, -0.1) is 0 Å². The fourth-order valence-electron chi connectivity index (χ4n) is 1.76. The zero-order valence-corrected chi connectivity index (χ0v) is 11.3. The molecule has 0 radical (unpaired) electrons. The number of halogens is 5. The Labute approximate surface area is 117 Å². The maximum Gasteiger partial charge on any atom is 0.280 e. The van der Waals surface area contributed by atoms with Crippen LogP contribution in [0, 0.1) is 5.82 Å². The first-order valence-corrected chi connectivity index (χ1v) is 6.21. The number of nitrogens with zero attached hydrogens (tertiary/aromatic N) is 1. The molecular weight excluding hydrogens is 300 g/mol. The van der Waals surface area contributed by atoms with Gasteiger partial charge < -0.3 is 5.32 Å². The maximum absolute atomic E-state index is 13.7. The van der Waals surface area contributed by atoms with Gasteiger partial charge in [0.2, 0.25) is 0 Å². The molecule has 0 saturated heterocycles. The minimum Gasteiger partial charge on any atom is -0.385 e. The average Bonchev–Trinajstić information content (AvgIpc) is 2.35. The van der Waals surface area contributed by atoms with E-state index in [1.807, 2.05) is 0 Å². The van der Waals surface area contributed by atoms with Gasteiger partial charge in [0.15, 0.2) is 5.82 Å². The number of rotatable bonds is 3. The molecule has 102 valence electrons. The zero-order chi connectivity index (χ0) is 14.2. The number of nitrogens with one attached hydrogen (secondary N) is 1. The third kappa shape index (κ3) is 2.58. The Bertz CT molecular complexity index is 632. The average molecular weight is 309 g/mol. The quantitative estimate of drug-likeness (QED) is 0.803. The molecular formula is C12H9Cl2F3N2. The number of fused-ring (bicyclic) bond motifs is 1.